The second kappa shape index (κ2) is 7.20. The highest BCUT2D eigenvalue weighted by atomic mass is 16.5. The van der Waals surface area contributed by atoms with Crippen molar-refractivity contribution in [1.82, 2.24) is 5.43 Å². The third-order valence-corrected chi connectivity index (χ3v) is 3.15. The first-order valence-electron chi connectivity index (χ1n) is 6.30. The van der Waals surface area contributed by atoms with Gasteiger partial charge in [-0.05, 0) is 44.4 Å². The van der Waals surface area contributed by atoms with Gasteiger partial charge in [0.1, 0.15) is 0 Å². The predicted molar refractivity (Wildman–Crippen MR) is 63.4 cm³/mol. The Balaban J connectivity index is 2.19. The quantitative estimate of drug-likeness (QED) is 0.526. The SMILES string of the molecule is CC(C)CCC(CC1CCCCO1)NN. The van der Waals surface area contributed by atoms with Crippen LogP contribution in [0.2, 0.25) is 0 Å². The van der Waals surface area contributed by atoms with Crippen LogP contribution in [0, 0.1) is 5.92 Å². The van der Waals surface area contributed by atoms with Crippen molar-refractivity contribution in [3.8, 4) is 0 Å². The van der Waals surface area contributed by atoms with Crippen LogP contribution < -0.4 is 11.3 Å². The van der Waals surface area contributed by atoms with E-state index in [1.165, 1.54) is 25.7 Å². The standard InChI is InChI=1S/C12H26N2O/c1-10(2)6-7-11(14-13)9-12-5-3-4-8-15-12/h10-12,14H,3-9,13H2,1-2H3. The highest BCUT2D eigenvalue weighted by Gasteiger charge is 2.18. The van der Waals surface area contributed by atoms with Gasteiger partial charge in [-0.15, -0.1) is 0 Å². The van der Waals surface area contributed by atoms with E-state index in [0.717, 1.165) is 25.4 Å². The van der Waals surface area contributed by atoms with E-state index in [1.807, 2.05) is 0 Å². The maximum Gasteiger partial charge on any atom is 0.0590 e. The summed E-state index contributed by atoms with van der Waals surface area (Å²) < 4.78 is 5.72. The molecule has 2 atom stereocenters. The van der Waals surface area contributed by atoms with Gasteiger partial charge in [-0.2, -0.15) is 0 Å². The number of nitrogens with one attached hydrogen (secondary N) is 1. The fourth-order valence-electron chi connectivity index (χ4n) is 2.11. The molecule has 1 aliphatic heterocycles. The van der Waals surface area contributed by atoms with E-state index in [4.69, 9.17) is 10.6 Å². The number of hydrazine groups is 1. The molecule has 0 aromatic heterocycles. The van der Waals surface area contributed by atoms with Gasteiger partial charge < -0.3 is 4.74 Å². The average molecular weight is 214 g/mol. The zero-order chi connectivity index (χ0) is 11.1. The minimum atomic E-state index is 0.426. The molecule has 1 rings (SSSR count). The normalized spacial score (nSPS) is 24.4. The molecule has 0 aromatic rings. The molecule has 0 spiro atoms. The summed E-state index contributed by atoms with van der Waals surface area (Å²) >= 11 is 0. The first kappa shape index (κ1) is 12.9. The molecule has 1 fully saturated rings. The number of rotatable bonds is 6. The van der Waals surface area contributed by atoms with Gasteiger partial charge in [0.05, 0.1) is 6.10 Å². The van der Waals surface area contributed by atoms with Crippen molar-refractivity contribution >= 4 is 0 Å². The summed E-state index contributed by atoms with van der Waals surface area (Å²) in [6.07, 6.45) is 7.65. The van der Waals surface area contributed by atoms with Crippen LogP contribution in [0.1, 0.15) is 52.4 Å². The lowest BCUT2D eigenvalue weighted by Gasteiger charge is -2.27. The van der Waals surface area contributed by atoms with Gasteiger partial charge in [0.2, 0.25) is 0 Å². The molecule has 1 saturated heterocycles. The van der Waals surface area contributed by atoms with Gasteiger partial charge in [0.25, 0.3) is 0 Å². The predicted octanol–water partition coefficient (Wildman–Crippen LogP) is 2.21. The maximum atomic E-state index is 5.72. The highest BCUT2D eigenvalue weighted by molar-refractivity contribution is 4.73. The van der Waals surface area contributed by atoms with E-state index in [0.29, 0.717) is 12.1 Å². The van der Waals surface area contributed by atoms with Crippen LogP contribution in [0.15, 0.2) is 0 Å². The monoisotopic (exact) mass is 214 g/mol. The molecule has 0 aliphatic carbocycles. The first-order chi connectivity index (χ1) is 7.22. The Morgan fingerprint density at radius 1 is 1.33 bits per heavy atom. The van der Waals surface area contributed by atoms with Gasteiger partial charge >= 0.3 is 0 Å². The Kier molecular flexibility index (Phi) is 6.22. The molecule has 0 bridgehead atoms. The molecule has 0 saturated carbocycles. The van der Waals surface area contributed by atoms with Crippen LogP contribution in [-0.2, 0) is 4.74 Å². The third-order valence-electron chi connectivity index (χ3n) is 3.15. The van der Waals surface area contributed by atoms with E-state index in [1.54, 1.807) is 0 Å². The Morgan fingerprint density at radius 3 is 2.67 bits per heavy atom. The van der Waals surface area contributed by atoms with E-state index in [2.05, 4.69) is 19.3 Å². The second-order valence-corrected chi connectivity index (χ2v) is 5.06. The Labute approximate surface area is 93.7 Å². The van der Waals surface area contributed by atoms with E-state index < -0.39 is 0 Å². The van der Waals surface area contributed by atoms with Crippen molar-refractivity contribution in [2.45, 2.75) is 64.5 Å². The lowest BCUT2D eigenvalue weighted by Crippen LogP contribution is -2.39. The van der Waals surface area contributed by atoms with Gasteiger partial charge in [-0.25, -0.2) is 0 Å². The summed E-state index contributed by atoms with van der Waals surface area (Å²) in [5.41, 5.74) is 2.92. The molecule has 2 unspecified atom stereocenters. The number of ether oxygens (including phenoxy) is 1. The zero-order valence-electron chi connectivity index (χ0n) is 10.2. The third kappa shape index (κ3) is 5.50. The summed E-state index contributed by atoms with van der Waals surface area (Å²) in [5.74, 6) is 6.33. The van der Waals surface area contributed by atoms with Crippen molar-refractivity contribution in [3.63, 3.8) is 0 Å². The average Bonchev–Trinajstić information content (AvgIpc) is 2.25. The molecule has 3 N–H and O–H groups in total. The van der Waals surface area contributed by atoms with Crippen molar-refractivity contribution in [2.75, 3.05) is 6.61 Å². The molecule has 90 valence electrons. The molecule has 1 heterocycles. The number of nitrogens with two attached hydrogens (primary N) is 1. The van der Waals surface area contributed by atoms with Crippen molar-refractivity contribution < 1.29 is 4.74 Å². The topological polar surface area (TPSA) is 47.3 Å². The summed E-state index contributed by atoms with van der Waals surface area (Å²) in [7, 11) is 0. The molecule has 3 heteroatoms. The van der Waals surface area contributed by atoms with E-state index in [-0.39, 0.29) is 0 Å². The van der Waals surface area contributed by atoms with Crippen LogP contribution in [0.4, 0.5) is 0 Å². The summed E-state index contributed by atoms with van der Waals surface area (Å²) in [4.78, 5) is 0. The van der Waals surface area contributed by atoms with Gasteiger partial charge in [0, 0.05) is 12.6 Å². The molecule has 0 amide bonds. The molecule has 0 radical (unpaired) electrons. The van der Waals surface area contributed by atoms with Crippen LogP contribution in [0.5, 0.6) is 0 Å². The lowest BCUT2D eigenvalue weighted by molar-refractivity contribution is 0.00440. The minimum Gasteiger partial charge on any atom is -0.378 e. The van der Waals surface area contributed by atoms with Gasteiger partial charge in [-0.3, -0.25) is 11.3 Å². The van der Waals surface area contributed by atoms with Gasteiger partial charge in [0.15, 0.2) is 0 Å². The van der Waals surface area contributed by atoms with Crippen LogP contribution in [-0.4, -0.2) is 18.8 Å². The largest absolute Gasteiger partial charge is 0.378 e. The number of hydrogen-bond acceptors (Lipinski definition) is 3. The Morgan fingerprint density at radius 2 is 2.13 bits per heavy atom. The van der Waals surface area contributed by atoms with Crippen molar-refractivity contribution in [1.29, 1.82) is 0 Å². The molecule has 15 heavy (non-hydrogen) atoms. The maximum absolute atomic E-state index is 5.72. The van der Waals surface area contributed by atoms with Crippen LogP contribution >= 0.6 is 0 Å². The van der Waals surface area contributed by atoms with E-state index in [9.17, 15) is 0 Å². The number of hydrogen-bond donors (Lipinski definition) is 2. The second-order valence-electron chi connectivity index (χ2n) is 5.06. The van der Waals surface area contributed by atoms with Gasteiger partial charge in [-0.1, -0.05) is 13.8 Å². The molecule has 3 nitrogen and oxygen atoms in total. The van der Waals surface area contributed by atoms with Crippen LogP contribution in [0.3, 0.4) is 0 Å². The first-order valence-corrected chi connectivity index (χ1v) is 6.30. The van der Waals surface area contributed by atoms with Crippen molar-refractivity contribution in [3.05, 3.63) is 0 Å². The summed E-state index contributed by atoms with van der Waals surface area (Å²) in [6, 6.07) is 0.426. The highest BCUT2D eigenvalue weighted by Crippen LogP contribution is 2.19. The molecule has 1 aliphatic rings. The zero-order valence-corrected chi connectivity index (χ0v) is 10.2. The molecular formula is C12H26N2O. The van der Waals surface area contributed by atoms with Crippen molar-refractivity contribution in [2.24, 2.45) is 11.8 Å². The summed E-state index contributed by atoms with van der Waals surface area (Å²) in [5, 5.41) is 0. The summed E-state index contributed by atoms with van der Waals surface area (Å²) in [6.45, 7) is 5.45. The Bertz CT molecular complexity index is 156. The minimum absolute atomic E-state index is 0.426. The molecule has 0 aromatic carbocycles. The van der Waals surface area contributed by atoms with Crippen LogP contribution in [0.25, 0.3) is 0 Å². The van der Waals surface area contributed by atoms with E-state index >= 15 is 0 Å². The Hall–Kier alpha value is -0.120. The molecular weight excluding hydrogens is 188 g/mol. The fraction of sp³-hybridized carbons (Fsp3) is 1.00. The smallest absolute Gasteiger partial charge is 0.0590 e. The lowest BCUT2D eigenvalue weighted by atomic mass is 9.96. The fourth-order valence-corrected chi connectivity index (χ4v) is 2.11.